The summed E-state index contributed by atoms with van der Waals surface area (Å²) in [6.07, 6.45) is 1.38. The first kappa shape index (κ1) is 32.3. The number of nitrogens with two attached hydrogens (primary N) is 4. The molecular weight excluding hydrogens is 520 g/mol. The number of carboxylic acid groups (broad SMARTS) is 2. The van der Waals surface area contributed by atoms with Crippen molar-refractivity contribution >= 4 is 41.5 Å². The van der Waals surface area contributed by atoms with Gasteiger partial charge in [-0.1, -0.05) is 0 Å². The molecule has 18 heteroatoms. The molecule has 0 fully saturated rings. The van der Waals surface area contributed by atoms with E-state index in [1.54, 1.807) is 0 Å². The van der Waals surface area contributed by atoms with E-state index in [1.165, 1.54) is 12.5 Å². The van der Waals surface area contributed by atoms with E-state index >= 15 is 0 Å². The summed E-state index contributed by atoms with van der Waals surface area (Å²) in [4.78, 5) is 82.6. The molecule has 4 unspecified atom stereocenters. The first-order valence-corrected chi connectivity index (χ1v) is 11.7. The van der Waals surface area contributed by atoms with Gasteiger partial charge in [-0.15, -0.1) is 0 Å². The number of carbonyl (C=O) groups is 6. The number of nitrogens with zero attached hydrogens (tertiary/aromatic N) is 2. The monoisotopic (exact) mass is 554 g/mol. The zero-order valence-electron chi connectivity index (χ0n) is 21.0. The smallest absolute Gasteiger partial charge is 0.326 e. The van der Waals surface area contributed by atoms with E-state index in [1.807, 2.05) is 0 Å². The van der Waals surface area contributed by atoms with Crippen LogP contribution >= 0.6 is 0 Å². The van der Waals surface area contributed by atoms with Gasteiger partial charge in [0.2, 0.25) is 23.6 Å². The maximum absolute atomic E-state index is 13.1. The molecule has 39 heavy (non-hydrogen) atoms. The molecule has 0 aliphatic carbocycles. The summed E-state index contributed by atoms with van der Waals surface area (Å²) in [6.45, 7) is 0.0860. The van der Waals surface area contributed by atoms with Gasteiger partial charge in [-0.2, -0.15) is 0 Å². The lowest BCUT2D eigenvalue weighted by atomic mass is 10.1. The fourth-order valence-electron chi connectivity index (χ4n) is 3.25. The SMILES string of the molecule is NC(=O)CCC(NC(=O)C(CCCN=C(N)N)NC(=O)C(N)CC(=O)O)C(=O)NC(Cc1cnc[nH]1)C(=O)O. The quantitative estimate of drug-likeness (QED) is 0.0467. The van der Waals surface area contributed by atoms with Crippen molar-refractivity contribution in [1.29, 1.82) is 0 Å². The summed E-state index contributed by atoms with van der Waals surface area (Å²) in [6, 6.07) is -5.60. The van der Waals surface area contributed by atoms with Crippen molar-refractivity contribution in [2.75, 3.05) is 6.54 Å². The molecule has 1 aromatic heterocycles. The largest absolute Gasteiger partial charge is 0.481 e. The molecule has 216 valence electrons. The van der Waals surface area contributed by atoms with Crippen molar-refractivity contribution in [2.24, 2.45) is 27.9 Å². The number of rotatable bonds is 18. The zero-order valence-corrected chi connectivity index (χ0v) is 21.0. The summed E-state index contributed by atoms with van der Waals surface area (Å²) >= 11 is 0. The molecule has 0 saturated heterocycles. The van der Waals surface area contributed by atoms with Crippen LogP contribution in [0.4, 0.5) is 0 Å². The van der Waals surface area contributed by atoms with E-state index in [2.05, 4.69) is 30.9 Å². The van der Waals surface area contributed by atoms with Crippen LogP contribution < -0.4 is 38.9 Å². The number of nitrogens with one attached hydrogen (secondary N) is 4. The molecule has 0 spiro atoms. The van der Waals surface area contributed by atoms with E-state index in [0.29, 0.717) is 5.69 Å². The second-order valence-corrected chi connectivity index (χ2v) is 8.46. The number of carbonyl (C=O) groups excluding carboxylic acids is 4. The Labute approximate surface area is 222 Å². The summed E-state index contributed by atoms with van der Waals surface area (Å²) in [5.74, 6) is -6.44. The molecule has 0 bridgehead atoms. The summed E-state index contributed by atoms with van der Waals surface area (Å²) in [5, 5.41) is 25.4. The number of aliphatic imine (C=N–C) groups is 1. The topological polar surface area (TPSA) is 324 Å². The number of hydrogen-bond acceptors (Lipinski definition) is 9. The van der Waals surface area contributed by atoms with E-state index in [0.717, 1.165) is 0 Å². The lowest BCUT2D eigenvalue weighted by Crippen LogP contribution is -2.57. The third-order valence-electron chi connectivity index (χ3n) is 5.22. The van der Waals surface area contributed by atoms with Crippen molar-refractivity contribution in [3.8, 4) is 0 Å². The Hall–Kier alpha value is -4.74. The van der Waals surface area contributed by atoms with Crippen LogP contribution in [0.2, 0.25) is 0 Å². The van der Waals surface area contributed by atoms with Crippen LogP contribution in [-0.2, 0) is 35.2 Å². The summed E-state index contributed by atoms with van der Waals surface area (Å²) in [5.41, 5.74) is 21.7. The van der Waals surface area contributed by atoms with Gasteiger partial charge < -0.3 is 54.1 Å². The molecule has 0 radical (unpaired) electrons. The summed E-state index contributed by atoms with van der Waals surface area (Å²) < 4.78 is 0. The number of guanidine groups is 1. The predicted molar refractivity (Wildman–Crippen MR) is 134 cm³/mol. The average molecular weight is 555 g/mol. The maximum atomic E-state index is 13.1. The second kappa shape index (κ2) is 16.2. The van der Waals surface area contributed by atoms with Crippen molar-refractivity contribution < 1.29 is 39.0 Å². The highest BCUT2D eigenvalue weighted by molar-refractivity contribution is 5.95. The van der Waals surface area contributed by atoms with E-state index in [9.17, 15) is 33.9 Å². The Balaban J connectivity index is 3.06. The standard InChI is InChI=1S/C21H34N10O8/c22-11(7-16(33)34)17(35)29-12(2-1-5-27-21(24)25)18(36)30-13(3-4-15(23)32)19(37)31-14(20(38)39)6-10-8-26-9-28-10/h8-9,11-14H,1-7,22H2,(H2,23,32)(H,26,28)(H,29,35)(H,30,36)(H,31,37)(H,33,34)(H,38,39)(H4,24,25,27). The van der Waals surface area contributed by atoms with Crippen LogP contribution in [0.15, 0.2) is 17.5 Å². The molecule has 4 atom stereocenters. The molecule has 1 aromatic rings. The Kier molecular flexibility index (Phi) is 13.4. The van der Waals surface area contributed by atoms with Gasteiger partial charge >= 0.3 is 11.9 Å². The number of primary amides is 1. The number of aromatic amines is 1. The van der Waals surface area contributed by atoms with Crippen LogP contribution in [0.3, 0.4) is 0 Å². The van der Waals surface area contributed by atoms with Gasteiger partial charge in [-0.3, -0.25) is 29.0 Å². The molecule has 18 nitrogen and oxygen atoms in total. The van der Waals surface area contributed by atoms with Gasteiger partial charge in [-0.05, 0) is 19.3 Å². The van der Waals surface area contributed by atoms with Crippen LogP contribution in [-0.4, -0.2) is 92.4 Å². The lowest BCUT2D eigenvalue weighted by molar-refractivity contribution is -0.142. The minimum absolute atomic E-state index is 0.0458. The van der Waals surface area contributed by atoms with Crippen LogP contribution in [0.1, 0.15) is 37.8 Å². The predicted octanol–water partition coefficient (Wildman–Crippen LogP) is -4.39. The Bertz CT molecular complexity index is 1040. The van der Waals surface area contributed by atoms with Gasteiger partial charge in [0, 0.05) is 31.3 Å². The fraction of sp³-hybridized carbons (Fsp3) is 0.524. The Morgan fingerprint density at radius 3 is 2.03 bits per heavy atom. The molecule has 1 rings (SSSR count). The number of hydrogen-bond donors (Lipinski definition) is 10. The van der Waals surface area contributed by atoms with Crippen molar-refractivity contribution in [3.63, 3.8) is 0 Å². The highest BCUT2D eigenvalue weighted by Crippen LogP contribution is 2.06. The second-order valence-electron chi connectivity index (χ2n) is 8.46. The maximum Gasteiger partial charge on any atom is 0.326 e. The number of carboxylic acids is 2. The minimum atomic E-state index is -1.47. The molecule has 0 aliphatic rings. The normalized spacial score (nSPS) is 13.7. The van der Waals surface area contributed by atoms with Crippen LogP contribution in [0.5, 0.6) is 0 Å². The Morgan fingerprint density at radius 2 is 1.51 bits per heavy atom. The average Bonchev–Trinajstić information content (AvgIpc) is 3.35. The van der Waals surface area contributed by atoms with E-state index < -0.39 is 66.2 Å². The molecule has 14 N–H and O–H groups in total. The van der Waals surface area contributed by atoms with Crippen molar-refractivity contribution in [3.05, 3.63) is 18.2 Å². The molecule has 0 aliphatic heterocycles. The Morgan fingerprint density at radius 1 is 0.923 bits per heavy atom. The molecular formula is C21H34N10O8. The minimum Gasteiger partial charge on any atom is -0.481 e. The van der Waals surface area contributed by atoms with Gasteiger partial charge in [0.1, 0.15) is 18.1 Å². The summed E-state index contributed by atoms with van der Waals surface area (Å²) in [7, 11) is 0. The van der Waals surface area contributed by atoms with E-state index in [-0.39, 0.29) is 44.6 Å². The fourth-order valence-corrected chi connectivity index (χ4v) is 3.25. The zero-order chi connectivity index (χ0) is 29.5. The van der Waals surface area contributed by atoms with Gasteiger partial charge in [0.15, 0.2) is 5.96 Å². The van der Waals surface area contributed by atoms with Gasteiger partial charge in [-0.25, -0.2) is 9.78 Å². The third-order valence-corrected chi connectivity index (χ3v) is 5.22. The number of aliphatic carboxylic acids is 2. The number of H-pyrrole nitrogens is 1. The number of imidazole rings is 1. The number of amides is 4. The lowest BCUT2D eigenvalue weighted by Gasteiger charge is -2.25. The first-order chi connectivity index (χ1) is 18.3. The highest BCUT2D eigenvalue weighted by atomic mass is 16.4. The van der Waals surface area contributed by atoms with Crippen molar-refractivity contribution in [2.45, 2.75) is 62.7 Å². The molecule has 1 heterocycles. The highest BCUT2D eigenvalue weighted by Gasteiger charge is 2.31. The van der Waals surface area contributed by atoms with Gasteiger partial charge in [0.25, 0.3) is 0 Å². The van der Waals surface area contributed by atoms with Gasteiger partial charge in [0.05, 0.1) is 18.8 Å². The molecule has 4 amide bonds. The van der Waals surface area contributed by atoms with E-state index in [4.69, 9.17) is 28.0 Å². The van der Waals surface area contributed by atoms with Crippen LogP contribution in [0, 0.1) is 0 Å². The molecule has 0 aromatic carbocycles. The number of aromatic nitrogens is 2. The molecule has 0 saturated carbocycles. The van der Waals surface area contributed by atoms with Crippen molar-refractivity contribution in [1.82, 2.24) is 25.9 Å². The third kappa shape index (κ3) is 12.9. The first-order valence-electron chi connectivity index (χ1n) is 11.7. The van der Waals surface area contributed by atoms with Crippen LogP contribution in [0.25, 0.3) is 0 Å².